The van der Waals surface area contributed by atoms with Crippen molar-refractivity contribution in [3.05, 3.63) is 29.3 Å². The number of hydrogen-bond acceptors (Lipinski definition) is 3. The molecule has 0 fully saturated rings. The normalized spacial score (nSPS) is 25.9. The van der Waals surface area contributed by atoms with E-state index in [1.54, 1.807) is 0 Å². The zero-order chi connectivity index (χ0) is 10.1. The minimum atomic E-state index is -0.365. The average Bonchev–Trinajstić information content (AvgIpc) is 2.20. The van der Waals surface area contributed by atoms with E-state index in [9.17, 15) is 5.11 Å². The summed E-state index contributed by atoms with van der Waals surface area (Å²) in [6.07, 6.45) is -0.365. The van der Waals surface area contributed by atoms with Crippen LogP contribution in [-0.4, -0.2) is 23.9 Å². The molecule has 1 aliphatic heterocycles. The molecule has 0 aromatic heterocycles. The molecule has 3 heteroatoms. The molecule has 1 aromatic carbocycles. The van der Waals surface area contributed by atoms with Gasteiger partial charge in [-0.25, -0.2) is 0 Å². The van der Waals surface area contributed by atoms with Crippen molar-refractivity contribution in [1.29, 1.82) is 0 Å². The van der Waals surface area contributed by atoms with Crippen LogP contribution in [0.5, 0.6) is 0 Å². The number of benzene rings is 1. The molecule has 76 valence electrons. The van der Waals surface area contributed by atoms with E-state index in [4.69, 9.17) is 0 Å². The Kier molecular flexibility index (Phi) is 2.81. The first-order valence-corrected chi connectivity index (χ1v) is 5.79. The van der Waals surface area contributed by atoms with Crippen LogP contribution in [0, 0.1) is 6.92 Å². The van der Waals surface area contributed by atoms with Crippen molar-refractivity contribution < 1.29 is 5.11 Å². The molecule has 0 saturated carbocycles. The molecule has 2 rings (SSSR count). The summed E-state index contributed by atoms with van der Waals surface area (Å²) in [5.74, 6) is 0.938. The van der Waals surface area contributed by atoms with Crippen molar-refractivity contribution in [2.45, 2.75) is 24.0 Å². The Balaban J connectivity index is 2.38. The summed E-state index contributed by atoms with van der Waals surface area (Å²) in [6, 6.07) is 6.45. The van der Waals surface area contributed by atoms with Gasteiger partial charge in [0.25, 0.3) is 0 Å². The molecule has 2 N–H and O–H groups in total. The van der Waals surface area contributed by atoms with E-state index in [0.29, 0.717) is 0 Å². The van der Waals surface area contributed by atoms with Crippen molar-refractivity contribution in [2.24, 2.45) is 0 Å². The van der Waals surface area contributed by atoms with Crippen LogP contribution in [0.2, 0.25) is 0 Å². The summed E-state index contributed by atoms with van der Waals surface area (Å²) in [5, 5.41) is 13.2. The van der Waals surface area contributed by atoms with Gasteiger partial charge in [0.15, 0.2) is 0 Å². The third-order valence-electron chi connectivity index (χ3n) is 2.65. The Morgan fingerprint density at radius 3 is 3.00 bits per heavy atom. The van der Waals surface area contributed by atoms with Gasteiger partial charge in [0, 0.05) is 16.7 Å². The molecule has 2 atom stereocenters. The number of fused-ring (bicyclic) bond motifs is 1. The molecule has 0 aliphatic carbocycles. The number of aliphatic hydroxyl groups excluding tert-OH is 1. The Hall–Kier alpha value is -0.510. The predicted molar refractivity (Wildman–Crippen MR) is 59.7 cm³/mol. The molecule has 0 spiro atoms. The largest absolute Gasteiger partial charge is 0.387 e. The number of likely N-dealkylation sites (N-methyl/N-ethyl adjacent to an activating group) is 1. The van der Waals surface area contributed by atoms with Crippen LogP contribution >= 0.6 is 11.8 Å². The lowest BCUT2D eigenvalue weighted by Gasteiger charge is -2.29. The van der Waals surface area contributed by atoms with Gasteiger partial charge in [0.05, 0.1) is 6.10 Å². The van der Waals surface area contributed by atoms with Gasteiger partial charge in [-0.05, 0) is 25.6 Å². The zero-order valence-corrected chi connectivity index (χ0v) is 9.27. The molecule has 2 unspecified atom stereocenters. The topological polar surface area (TPSA) is 32.3 Å². The van der Waals surface area contributed by atoms with Crippen LogP contribution in [0.4, 0.5) is 0 Å². The Morgan fingerprint density at radius 2 is 2.29 bits per heavy atom. The second-order valence-corrected chi connectivity index (χ2v) is 4.75. The van der Waals surface area contributed by atoms with E-state index >= 15 is 0 Å². The molecule has 0 bridgehead atoms. The highest BCUT2D eigenvalue weighted by molar-refractivity contribution is 7.99. The van der Waals surface area contributed by atoms with E-state index in [1.165, 1.54) is 10.5 Å². The summed E-state index contributed by atoms with van der Waals surface area (Å²) in [7, 11) is 1.90. The van der Waals surface area contributed by atoms with Crippen molar-refractivity contribution in [3.8, 4) is 0 Å². The summed E-state index contributed by atoms with van der Waals surface area (Å²) >= 11 is 1.81. The van der Waals surface area contributed by atoms with Gasteiger partial charge in [-0.3, -0.25) is 0 Å². The standard InChI is InChI=1S/C11H15NOS/c1-7-3-4-10-8(5-7)11(13)9(12-2)6-14-10/h3-5,9,11-13H,6H2,1-2H3. The highest BCUT2D eigenvalue weighted by Crippen LogP contribution is 2.36. The third-order valence-corrected chi connectivity index (χ3v) is 3.86. The Labute approximate surface area is 88.7 Å². The quantitative estimate of drug-likeness (QED) is 0.738. The highest BCUT2D eigenvalue weighted by atomic mass is 32.2. The van der Waals surface area contributed by atoms with E-state index in [1.807, 2.05) is 18.8 Å². The van der Waals surface area contributed by atoms with Gasteiger partial charge in [-0.2, -0.15) is 0 Å². The third kappa shape index (κ3) is 1.67. The molecule has 14 heavy (non-hydrogen) atoms. The first-order valence-electron chi connectivity index (χ1n) is 4.81. The van der Waals surface area contributed by atoms with Gasteiger partial charge in [-0.1, -0.05) is 17.7 Å². The molecular formula is C11H15NOS. The number of aryl methyl sites for hydroxylation is 1. The fraction of sp³-hybridized carbons (Fsp3) is 0.455. The molecule has 0 amide bonds. The lowest BCUT2D eigenvalue weighted by atomic mass is 10.0. The number of thioether (sulfide) groups is 1. The lowest BCUT2D eigenvalue weighted by molar-refractivity contribution is 0.137. The predicted octanol–water partition coefficient (Wildman–Crippen LogP) is 1.72. The van der Waals surface area contributed by atoms with Crippen LogP contribution in [0.3, 0.4) is 0 Å². The number of aliphatic hydroxyl groups is 1. The van der Waals surface area contributed by atoms with Crippen molar-refractivity contribution >= 4 is 11.8 Å². The van der Waals surface area contributed by atoms with E-state index in [0.717, 1.165) is 11.3 Å². The maximum absolute atomic E-state index is 10.1. The van der Waals surface area contributed by atoms with Crippen molar-refractivity contribution in [3.63, 3.8) is 0 Å². The summed E-state index contributed by atoms with van der Waals surface area (Å²) in [5.41, 5.74) is 2.28. The minimum absolute atomic E-state index is 0.175. The van der Waals surface area contributed by atoms with Gasteiger partial charge in [0.2, 0.25) is 0 Å². The van der Waals surface area contributed by atoms with Crippen LogP contribution in [0.25, 0.3) is 0 Å². The average molecular weight is 209 g/mol. The monoisotopic (exact) mass is 209 g/mol. The van der Waals surface area contributed by atoms with Crippen LogP contribution in [0.1, 0.15) is 17.2 Å². The molecule has 0 saturated heterocycles. The first-order chi connectivity index (χ1) is 6.72. The molecular weight excluding hydrogens is 194 g/mol. The number of rotatable bonds is 1. The molecule has 0 radical (unpaired) electrons. The maximum atomic E-state index is 10.1. The van der Waals surface area contributed by atoms with Gasteiger partial charge < -0.3 is 10.4 Å². The van der Waals surface area contributed by atoms with Crippen LogP contribution < -0.4 is 5.32 Å². The van der Waals surface area contributed by atoms with Crippen LogP contribution in [-0.2, 0) is 0 Å². The highest BCUT2D eigenvalue weighted by Gasteiger charge is 2.26. The summed E-state index contributed by atoms with van der Waals surface area (Å²) in [4.78, 5) is 1.22. The van der Waals surface area contributed by atoms with Crippen molar-refractivity contribution in [1.82, 2.24) is 5.32 Å². The lowest BCUT2D eigenvalue weighted by Crippen LogP contribution is -2.36. The number of hydrogen-bond donors (Lipinski definition) is 2. The second-order valence-electron chi connectivity index (χ2n) is 3.69. The maximum Gasteiger partial charge on any atom is 0.0961 e. The van der Waals surface area contributed by atoms with E-state index in [2.05, 4.69) is 30.4 Å². The molecule has 2 nitrogen and oxygen atoms in total. The Bertz CT molecular complexity index is 340. The fourth-order valence-electron chi connectivity index (χ4n) is 1.76. The van der Waals surface area contributed by atoms with Crippen LogP contribution in [0.15, 0.2) is 23.1 Å². The molecule has 1 aromatic rings. The summed E-state index contributed by atoms with van der Waals surface area (Å²) in [6.45, 7) is 2.06. The Morgan fingerprint density at radius 1 is 1.50 bits per heavy atom. The molecule has 1 aliphatic rings. The summed E-state index contributed by atoms with van der Waals surface area (Å²) < 4.78 is 0. The first kappa shape index (κ1) is 10.0. The van der Waals surface area contributed by atoms with Gasteiger partial charge in [0.1, 0.15) is 0 Å². The van der Waals surface area contributed by atoms with Gasteiger partial charge in [-0.15, -0.1) is 11.8 Å². The van der Waals surface area contributed by atoms with E-state index < -0.39 is 0 Å². The SMILES string of the molecule is CNC1CSc2ccc(C)cc2C1O. The van der Waals surface area contributed by atoms with Crippen molar-refractivity contribution in [2.75, 3.05) is 12.8 Å². The molecule has 1 heterocycles. The second kappa shape index (κ2) is 3.93. The van der Waals surface area contributed by atoms with Gasteiger partial charge >= 0.3 is 0 Å². The van der Waals surface area contributed by atoms with E-state index in [-0.39, 0.29) is 12.1 Å². The smallest absolute Gasteiger partial charge is 0.0961 e. The zero-order valence-electron chi connectivity index (χ0n) is 8.45. The number of nitrogens with one attached hydrogen (secondary N) is 1. The minimum Gasteiger partial charge on any atom is -0.387 e. The fourth-order valence-corrected chi connectivity index (χ4v) is 2.98.